The number of benzene rings is 2. The van der Waals surface area contributed by atoms with Crippen molar-refractivity contribution in [1.82, 2.24) is 0 Å². The first-order valence-electron chi connectivity index (χ1n) is 6.36. The van der Waals surface area contributed by atoms with Gasteiger partial charge >= 0.3 is 139 Å². The summed E-state index contributed by atoms with van der Waals surface area (Å²) in [4.78, 5) is 0. The SMILES string of the molecule is Clc1ccc(C(CC[CH2][Sn])c2ccc(Cl)cc2)cc1.O. The summed E-state index contributed by atoms with van der Waals surface area (Å²) in [7, 11) is 0. The van der Waals surface area contributed by atoms with Crippen molar-refractivity contribution in [3.05, 3.63) is 69.7 Å². The van der Waals surface area contributed by atoms with Crippen molar-refractivity contribution in [2.45, 2.75) is 23.2 Å². The molecule has 4 heteroatoms. The molecule has 2 rings (SSSR count). The van der Waals surface area contributed by atoms with Crippen LogP contribution in [0.15, 0.2) is 48.5 Å². The summed E-state index contributed by atoms with van der Waals surface area (Å²) in [5.74, 6) is 0.440. The Hall–Kier alpha value is -0.221. The van der Waals surface area contributed by atoms with Gasteiger partial charge in [-0.25, -0.2) is 0 Å². The molecule has 20 heavy (non-hydrogen) atoms. The Labute approximate surface area is 143 Å². The van der Waals surface area contributed by atoms with Crippen molar-refractivity contribution >= 4 is 45.7 Å². The van der Waals surface area contributed by atoms with E-state index in [1.54, 1.807) is 22.5 Å². The first kappa shape index (κ1) is 17.8. The van der Waals surface area contributed by atoms with Crippen molar-refractivity contribution in [1.29, 1.82) is 0 Å². The Morgan fingerprint density at radius 2 is 1.20 bits per heavy atom. The third kappa shape index (κ3) is 4.96. The molecule has 2 aromatic carbocycles. The number of rotatable bonds is 5. The van der Waals surface area contributed by atoms with Gasteiger partial charge < -0.3 is 5.48 Å². The molecule has 0 aliphatic carbocycles. The van der Waals surface area contributed by atoms with E-state index in [1.807, 2.05) is 24.3 Å². The van der Waals surface area contributed by atoms with Crippen LogP contribution in [0.4, 0.5) is 0 Å². The quantitative estimate of drug-likeness (QED) is 0.637. The minimum atomic E-state index is 0. The Morgan fingerprint density at radius 3 is 1.55 bits per heavy atom. The molecule has 0 aliphatic rings. The smallest absolute Gasteiger partial charge is 0.412 e. The molecule has 3 radical (unpaired) electrons. The van der Waals surface area contributed by atoms with E-state index in [-0.39, 0.29) is 5.48 Å². The summed E-state index contributed by atoms with van der Waals surface area (Å²) >= 11 is 13.6. The predicted molar refractivity (Wildman–Crippen MR) is 88.2 cm³/mol. The van der Waals surface area contributed by atoms with Gasteiger partial charge in [0.2, 0.25) is 0 Å². The molecule has 0 fully saturated rings. The van der Waals surface area contributed by atoms with Crippen molar-refractivity contribution in [3.8, 4) is 0 Å². The van der Waals surface area contributed by atoms with E-state index in [1.165, 1.54) is 28.4 Å². The first-order chi connectivity index (χ1) is 9.20. The zero-order chi connectivity index (χ0) is 13.7. The van der Waals surface area contributed by atoms with Gasteiger partial charge in [0.1, 0.15) is 0 Å². The second-order valence-electron chi connectivity index (χ2n) is 4.55. The number of halogens is 2. The molecule has 2 N–H and O–H groups in total. The molecule has 0 spiro atoms. The summed E-state index contributed by atoms with van der Waals surface area (Å²) in [5, 5.41) is 1.58. The molecule has 0 saturated heterocycles. The van der Waals surface area contributed by atoms with Gasteiger partial charge in [0.05, 0.1) is 0 Å². The molecule has 1 nitrogen and oxygen atoms in total. The van der Waals surface area contributed by atoms with Crippen LogP contribution in [0.25, 0.3) is 0 Å². The van der Waals surface area contributed by atoms with Gasteiger partial charge in [-0.15, -0.1) is 0 Å². The van der Waals surface area contributed by atoms with Crippen LogP contribution in [0, 0.1) is 0 Å². The Morgan fingerprint density at radius 1 is 0.800 bits per heavy atom. The molecule has 105 valence electrons. The topological polar surface area (TPSA) is 31.5 Å². The average molecular weight is 415 g/mol. The van der Waals surface area contributed by atoms with Crippen molar-refractivity contribution < 1.29 is 5.48 Å². The molecule has 0 unspecified atom stereocenters. The van der Waals surface area contributed by atoms with Crippen molar-refractivity contribution in [3.63, 3.8) is 0 Å². The Kier molecular flexibility index (Phi) is 7.96. The van der Waals surface area contributed by atoms with E-state index in [0.29, 0.717) is 5.92 Å². The van der Waals surface area contributed by atoms with Gasteiger partial charge in [0.25, 0.3) is 0 Å². The van der Waals surface area contributed by atoms with Crippen LogP contribution in [0.1, 0.15) is 29.9 Å². The van der Waals surface area contributed by atoms with Crippen molar-refractivity contribution in [2.75, 3.05) is 0 Å². The third-order valence-electron chi connectivity index (χ3n) is 3.21. The molecular weight excluding hydrogens is 398 g/mol. The average Bonchev–Trinajstić information content (AvgIpc) is 2.43. The zero-order valence-electron chi connectivity index (χ0n) is 11.1. The maximum Gasteiger partial charge on any atom is -0.412 e. The summed E-state index contributed by atoms with van der Waals surface area (Å²) in [6.45, 7) is 0. The van der Waals surface area contributed by atoms with Crippen LogP contribution in [0.2, 0.25) is 14.5 Å². The first-order valence-corrected chi connectivity index (χ1v) is 9.13. The van der Waals surface area contributed by atoms with E-state index < -0.39 is 0 Å². The van der Waals surface area contributed by atoms with E-state index >= 15 is 0 Å². The number of hydrogen-bond donors (Lipinski definition) is 0. The summed E-state index contributed by atoms with van der Waals surface area (Å²) in [5.41, 5.74) is 2.66. The monoisotopic (exact) mass is 415 g/mol. The summed E-state index contributed by atoms with van der Waals surface area (Å²) < 4.78 is 1.30. The van der Waals surface area contributed by atoms with Crippen LogP contribution in [0.5, 0.6) is 0 Å². The van der Waals surface area contributed by atoms with Gasteiger partial charge in [-0.05, 0) is 0 Å². The second-order valence-corrected chi connectivity index (χ2v) is 6.85. The molecule has 0 saturated carbocycles. The fraction of sp³-hybridized carbons (Fsp3) is 0.250. The van der Waals surface area contributed by atoms with E-state index in [9.17, 15) is 0 Å². The Bertz CT molecular complexity index is 466. The molecule has 0 bridgehead atoms. The molecule has 2 aromatic rings. The molecule has 0 atom stereocenters. The molecule has 0 aromatic heterocycles. The Balaban J connectivity index is 0.00000200. The van der Waals surface area contributed by atoms with Gasteiger partial charge in [-0.2, -0.15) is 0 Å². The number of hydrogen-bond acceptors (Lipinski definition) is 0. The fourth-order valence-electron chi connectivity index (χ4n) is 2.22. The van der Waals surface area contributed by atoms with E-state index in [2.05, 4.69) is 24.3 Å². The van der Waals surface area contributed by atoms with Gasteiger partial charge in [-0.1, -0.05) is 0 Å². The molecule has 0 aliphatic heterocycles. The third-order valence-corrected chi connectivity index (χ3v) is 4.73. The maximum atomic E-state index is 5.97. The van der Waals surface area contributed by atoms with Crippen LogP contribution >= 0.6 is 23.2 Å². The van der Waals surface area contributed by atoms with Crippen LogP contribution < -0.4 is 0 Å². The maximum absolute atomic E-state index is 5.97. The largest absolute Gasteiger partial charge is 0.412 e. The van der Waals surface area contributed by atoms with E-state index in [0.717, 1.165) is 10.0 Å². The summed E-state index contributed by atoms with van der Waals surface area (Å²) in [6, 6.07) is 16.4. The van der Waals surface area contributed by atoms with Crippen LogP contribution in [0.3, 0.4) is 0 Å². The summed E-state index contributed by atoms with van der Waals surface area (Å²) in [6.07, 6.45) is 2.43. The standard InChI is InChI=1S/C16H15Cl2.H2O.Sn/c1-2-3-16(12-4-8-14(17)9-5-12)13-6-10-15(18)11-7-13;;/h4-11,16H,1-3H2;1H2;. The predicted octanol–water partition coefficient (Wildman–Crippen LogP) is 4.67. The molecule has 0 amide bonds. The zero-order valence-corrected chi connectivity index (χ0v) is 15.4. The van der Waals surface area contributed by atoms with Gasteiger partial charge in [0, 0.05) is 0 Å². The second kappa shape index (κ2) is 8.93. The van der Waals surface area contributed by atoms with E-state index in [4.69, 9.17) is 23.2 Å². The fourth-order valence-corrected chi connectivity index (χ4v) is 3.06. The minimum Gasteiger partial charge on any atom is -0.412 e. The van der Waals surface area contributed by atoms with Gasteiger partial charge in [0.15, 0.2) is 0 Å². The van der Waals surface area contributed by atoms with Crippen LogP contribution in [-0.4, -0.2) is 28.0 Å². The van der Waals surface area contributed by atoms with Crippen LogP contribution in [-0.2, 0) is 0 Å². The van der Waals surface area contributed by atoms with Crippen molar-refractivity contribution in [2.24, 2.45) is 0 Å². The molecule has 0 heterocycles. The minimum absolute atomic E-state index is 0. The molecular formula is C16H17Cl2OSn. The van der Waals surface area contributed by atoms with Gasteiger partial charge in [-0.3, -0.25) is 0 Å². The normalized spacial score (nSPS) is 10.4.